The lowest BCUT2D eigenvalue weighted by atomic mass is 9.85. The Labute approximate surface area is 218 Å². The second kappa shape index (κ2) is 13.6. The molecular weight excluding hydrogens is 478 g/mol. The van der Waals surface area contributed by atoms with Crippen LogP contribution in [0, 0.1) is 11.8 Å². The second-order valence-electron chi connectivity index (χ2n) is 9.68. The molecule has 0 radical (unpaired) electrons. The highest BCUT2D eigenvalue weighted by Gasteiger charge is 2.33. The SMILES string of the molecule is COC1=C2C[C@@H](C)C[C@H](OC)[C@H](O)[C@@H](C)/C=C(\C)[C@H](O)[C@@H](OC)/C=C\C=C(/C)C(=O)NC(=CC1=O)C2=O. The van der Waals surface area contributed by atoms with Gasteiger partial charge in [-0.15, -0.1) is 0 Å². The lowest BCUT2D eigenvalue weighted by molar-refractivity contribution is -0.120. The van der Waals surface area contributed by atoms with Gasteiger partial charge in [-0.05, 0) is 38.2 Å². The summed E-state index contributed by atoms with van der Waals surface area (Å²) >= 11 is 0. The minimum absolute atomic E-state index is 0.0584. The Morgan fingerprint density at radius 2 is 1.70 bits per heavy atom. The molecule has 2 aliphatic rings. The molecule has 0 aromatic heterocycles. The minimum atomic E-state index is -0.979. The smallest absolute Gasteiger partial charge is 0.251 e. The molecule has 0 saturated heterocycles. The van der Waals surface area contributed by atoms with Gasteiger partial charge in [0.05, 0.1) is 25.0 Å². The molecule has 1 amide bonds. The predicted octanol–water partition coefficient (Wildman–Crippen LogP) is 2.31. The number of ether oxygens (including phenoxy) is 3. The van der Waals surface area contributed by atoms with Gasteiger partial charge >= 0.3 is 0 Å². The quantitative estimate of drug-likeness (QED) is 0.384. The van der Waals surface area contributed by atoms with Crippen molar-refractivity contribution in [1.82, 2.24) is 5.32 Å². The molecular formula is C28H39NO8. The molecule has 204 valence electrons. The first-order chi connectivity index (χ1) is 17.4. The number of methoxy groups -OCH3 is 3. The van der Waals surface area contributed by atoms with Crippen LogP contribution in [0.2, 0.25) is 0 Å². The van der Waals surface area contributed by atoms with Crippen LogP contribution < -0.4 is 5.32 Å². The van der Waals surface area contributed by atoms with Crippen LogP contribution in [0.25, 0.3) is 0 Å². The number of amides is 1. The van der Waals surface area contributed by atoms with Gasteiger partial charge < -0.3 is 29.7 Å². The summed E-state index contributed by atoms with van der Waals surface area (Å²) in [7, 11) is 4.28. The van der Waals surface area contributed by atoms with Gasteiger partial charge in [-0.3, -0.25) is 14.4 Å². The van der Waals surface area contributed by atoms with Gasteiger partial charge in [0, 0.05) is 37.4 Å². The zero-order valence-corrected chi connectivity index (χ0v) is 22.6. The van der Waals surface area contributed by atoms with Gasteiger partial charge in [0.25, 0.3) is 5.91 Å². The average Bonchev–Trinajstić information content (AvgIpc) is 2.86. The maximum atomic E-state index is 13.3. The summed E-state index contributed by atoms with van der Waals surface area (Å²) in [4.78, 5) is 38.7. The first-order valence-electron chi connectivity index (χ1n) is 12.3. The summed E-state index contributed by atoms with van der Waals surface area (Å²) in [6.07, 6.45) is 4.96. The summed E-state index contributed by atoms with van der Waals surface area (Å²) in [6.45, 7) is 7.03. The van der Waals surface area contributed by atoms with Gasteiger partial charge in [0.1, 0.15) is 12.2 Å². The predicted molar refractivity (Wildman–Crippen MR) is 138 cm³/mol. The number of fused-ring (bicyclic) bond motifs is 2. The van der Waals surface area contributed by atoms with E-state index in [0.717, 1.165) is 6.08 Å². The largest absolute Gasteiger partial charge is 0.492 e. The fraction of sp³-hybridized carbons (Fsp3) is 0.536. The van der Waals surface area contributed by atoms with Crippen LogP contribution in [-0.2, 0) is 28.6 Å². The standard InChI is InChI=1S/C28H39NO8/c1-15-11-19-26(33)20(14-21(30)27(19)37-7)29-28(34)16(2)9-8-10-22(35-5)24(31)17(3)13-18(4)25(32)23(12-15)36-6/h8-10,13-15,18,22-25,31-32H,11-12H2,1-7H3,(H,29,34)/b10-8-,16-9+,17-13+/t15-,18+,22+,23+,24+,25-/m1/s1. The van der Waals surface area contributed by atoms with Crippen molar-refractivity contribution in [1.29, 1.82) is 0 Å². The number of hydrogen-bond acceptors (Lipinski definition) is 8. The van der Waals surface area contributed by atoms with Crippen LogP contribution in [-0.4, -0.2) is 73.4 Å². The molecule has 1 heterocycles. The maximum absolute atomic E-state index is 13.3. The first-order valence-corrected chi connectivity index (χ1v) is 12.3. The van der Waals surface area contributed by atoms with E-state index in [9.17, 15) is 24.6 Å². The molecule has 0 unspecified atom stereocenters. The molecule has 0 fully saturated rings. The van der Waals surface area contributed by atoms with Crippen LogP contribution in [0.5, 0.6) is 0 Å². The Hall–Kier alpha value is -2.85. The number of allylic oxidation sites excluding steroid dienone is 4. The Balaban J connectivity index is 2.53. The molecule has 1 aliphatic carbocycles. The number of rotatable bonds is 3. The van der Waals surface area contributed by atoms with Crippen molar-refractivity contribution in [2.45, 2.75) is 65.0 Å². The molecule has 6 atom stereocenters. The highest BCUT2D eigenvalue weighted by atomic mass is 16.5. The maximum Gasteiger partial charge on any atom is 0.251 e. The van der Waals surface area contributed by atoms with Gasteiger partial charge in [-0.25, -0.2) is 0 Å². The van der Waals surface area contributed by atoms with E-state index in [1.165, 1.54) is 27.4 Å². The number of Topliss-reactive ketones (excluding diaryl/α,β-unsaturated/α-hetero) is 1. The topological polar surface area (TPSA) is 131 Å². The zero-order valence-electron chi connectivity index (χ0n) is 22.6. The molecule has 3 N–H and O–H groups in total. The van der Waals surface area contributed by atoms with E-state index in [1.54, 1.807) is 32.1 Å². The van der Waals surface area contributed by atoms with Crippen molar-refractivity contribution in [2.75, 3.05) is 21.3 Å². The summed E-state index contributed by atoms with van der Waals surface area (Å²) in [5.74, 6) is -2.16. The molecule has 9 nitrogen and oxygen atoms in total. The molecule has 1 aliphatic heterocycles. The Kier molecular flexibility index (Phi) is 11.2. The summed E-state index contributed by atoms with van der Waals surface area (Å²) in [5.41, 5.74) is 0.927. The Morgan fingerprint density at radius 3 is 2.30 bits per heavy atom. The highest BCUT2D eigenvalue weighted by Crippen LogP contribution is 2.29. The highest BCUT2D eigenvalue weighted by molar-refractivity contribution is 6.23. The van der Waals surface area contributed by atoms with Crippen LogP contribution in [0.3, 0.4) is 0 Å². The van der Waals surface area contributed by atoms with Crippen molar-refractivity contribution in [3.63, 3.8) is 0 Å². The number of aliphatic hydroxyl groups is 2. The summed E-state index contributed by atoms with van der Waals surface area (Å²) in [5, 5.41) is 24.4. The number of ketones is 2. The molecule has 37 heavy (non-hydrogen) atoms. The molecule has 0 spiro atoms. The third-order valence-corrected chi connectivity index (χ3v) is 6.73. The van der Waals surface area contributed by atoms with E-state index in [-0.39, 0.29) is 40.9 Å². The van der Waals surface area contributed by atoms with Gasteiger partial charge in [-0.1, -0.05) is 38.2 Å². The average molecular weight is 518 g/mol. The van der Waals surface area contributed by atoms with Crippen molar-refractivity contribution in [2.24, 2.45) is 11.8 Å². The molecule has 0 aromatic carbocycles. The normalized spacial score (nSPS) is 34.6. The van der Waals surface area contributed by atoms with Crippen LogP contribution in [0.15, 0.2) is 58.6 Å². The van der Waals surface area contributed by atoms with Gasteiger partial charge in [0.2, 0.25) is 11.6 Å². The minimum Gasteiger partial charge on any atom is -0.492 e. The molecule has 2 rings (SSSR count). The number of nitrogens with one attached hydrogen (secondary N) is 1. The van der Waals surface area contributed by atoms with Crippen LogP contribution in [0.1, 0.15) is 40.5 Å². The summed E-state index contributed by atoms with van der Waals surface area (Å²) < 4.78 is 16.2. The number of carbonyl (C=O) groups excluding carboxylic acids is 3. The number of hydrogen-bond donors (Lipinski definition) is 3. The fourth-order valence-corrected chi connectivity index (χ4v) is 4.51. The van der Waals surface area contributed by atoms with Crippen molar-refractivity contribution in [3.05, 3.63) is 58.6 Å². The van der Waals surface area contributed by atoms with E-state index in [0.29, 0.717) is 12.0 Å². The van der Waals surface area contributed by atoms with Crippen molar-refractivity contribution < 1.29 is 38.8 Å². The van der Waals surface area contributed by atoms with E-state index >= 15 is 0 Å². The molecule has 0 saturated carbocycles. The van der Waals surface area contributed by atoms with Crippen LogP contribution >= 0.6 is 0 Å². The fourth-order valence-electron chi connectivity index (χ4n) is 4.51. The third-order valence-electron chi connectivity index (χ3n) is 6.73. The Bertz CT molecular complexity index is 1030. The number of carbonyl (C=O) groups is 3. The second-order valence-corrected chi connectivity index (χ2v) is 9.68. The number of aliphatic hydroxyl groups excluding tert-OH is 2. The lowest BCUT2D eigenvalue weighted by Gasteiger charge is -2.29. The third kappa shape index (κ3) is 7.58. The van der Waals surface area contributed by atoms with Gasteiger partial charge in [0.15, 0.2) is 5.76 Å². The molecule has 9 heteroatoms. The van der Waals surface area contributed by atoms with Crippen LogP contribution in [0.4, 0.5) is 0 Å². The monoisotopic (exact) mass is 517 g/mol. The van der Waals surface area contributed by atoms with E-state index in [2.05, 4.69) is 5.32 Å². The summed E-state index contributed by atoms with van der Waals surface area (Å²) in [6, 6.07) is 0. The Morgan fingerprint density at radius 1 is 1.03 bits per heavy atom. The van der Waals surface area contributed by atoms with E-state index in [4.69, 9.17) is 14.2 Å². The zero-order chi connectivity index (χ0) is 27.9. The first kappa shape index (κ1) is 30.4. The molecule has 2 bridgehead atoms. The lowest BCUT2D eigenvalue weighted by Crippen LogP contribution is -2.36. The van der Waals surface area contributed by atoms with Gasteiger partial charge in [-0.2, -0.15) is 0 Å². The van der Waals surface area contributed by atoms with E-state index in [1.807, 2.05) is 13.8 Å². The molecule has 0 aromatic rings. The van der Waals surface area contributed by atoms with Crippen molar-refractivity contribution in [3.8, 4) is 0 Å². The van der Waals surface area contributed by atoms with E-state index < -0.39 is 41.9 Å². The van der Waals surface area contributed by atoms with Crippen molar-refractivity contribution >= 4 is 17.5 Å².